The summed E-state index contributed by atoms with van der Waals surface area (Å²) in [6, 6.07) is 11.3. The lowest BCUT2D eigenvalue weighted by Gasteiger charge is -2.09. The van der Waals surface area contributed by atoms with E-state index < -0.39 is 17.9 Å². The van der Waals surface area contributed by atoms with Gasteiger partial charge in [0.25, 0.3) is 5.89 Å². The predicted octanol–water partition coefficient (Wildman–Crippen LogP) is 4.11. The minimum atomic E-state index is -0.772. The van der Waals surface area contributed by atoms with Crippen molar-refractivity contribution >= 4 is 5.97 Å². The molecule has 1 aromatic heterocycles. The second-order valence-corrected chi connectivity index (χ2v) is 5.69. The largest absolute Gasteiger partial charge is 0.497 e. The van der Waals surface area contributed by atoms with Gasteiger partial charge in [-0.05, 0) is 55.8 Å². The van der Waals surface area contributed by atoms with E-state index in [1.165, 1.54) is 12.1 Å². The lowest BCUT2D eigenvalue weighted by molar-refractivity contribution is 0.0279. The Kier molecular flexibility index (Phi) is 4.97. The van der Waals surface area contributed by atoms with Crippen LogP contribution < -0.4 is 4.74 Å². The van der Waals surface area contributed by atoms with Crippen molar-refractivity contribution in [1.82, 2.24) is 10.2 Å². The summed E-state index contributed by atoms with van der Waals surface area (Å²) in [5.74, 6) is 0.0251. The molecule has 0 N–H and O–H groups in total. The molecule has 0 aliphatic carbocycles. The summed E-state index contributed by atoms with van der Waals surface area (Å²) in [5.41, 5.74) is 1.29. The summed E-state index contributed by atoms with van der Waals surface area (Å²) >= 11 is 0. The molecule has 7 heteroatoms. The summed E-state index contributed by atoms with van der Waals surface area (Å²) in [4.78, 5) is 12.1. The van der Waals surface area contributed by atoms with Gasteiger partial charge in [-0.2, -0.15) is 0 Å². The van der Waals surface area contributed by atoms with E-state index in [1.807, 2.05) is 0 Å². The number of hydrogen-bond acceptors (Lipinski definition) is 6. The third-order valence-corrected chi connectivity index (χ3v) is 3.82. The van der Waals surface area contributed by atoms with E-state index in [9.17, 15) is 9.18 Å². The average molecular weight is 356 g/mol. The van der Waals surface area contributed by atoms with Crippen molar-refractivity contribution in [2.24, 2.45) is 0 Å². The molecule has 0 saturated heterocycles. The second kappa shape index (κ2) is 7.35. The van der Waals surface area contributed by atoms with Crippen molar-refractivity contribution in [2.75, 3.05) is 7.11 Å². The minimum Gasteiger partial charge on any atom is -0.497 e. The fraction of sp³-hybridized carbons (Fsp3) is 0.211. The Labute approximate surface area is 149 Å². The van der Waals surface area contributed by atoms with Gasteiger partial charge in [-0.1, -0.05) is 6.07 Å². The number of benzene rings is 2. The number of ether oxygens (including phenoxy) is 2. The molecular formula is C19H17FN2O4. The molecule has 0 spiro atoms. The molecular weight excluding hydrogens is 339 g/mol. The third-order valence-electron chi connectivity index (χ3n) is 3.82. The topological polar surface area (TPSA) is 74.5 Å². The Hall–Kier alpha value is -3.22. The van der Waals surface area contributed by atoms with Crippen LogP contribution in [0.4, 0.5) is 4.39 Å². The molecule has 1 heterocycles. The quantitative estimate of drug-likeness (QED) is 0.641. The van der Waals surface area contributed by atoms with Gasteiger partial charge in [0, 0.05) is 5.56 Å². The number of methoxy groups -OCH3 is 1. The molecule has 0 saturated carbocycles. The van der Waals surface area contributed by atoms with Crippen LogP contribution in [0.5, 0.6) is 5.75 Å². The van der Waals surface area contributed by atoms with Crippen molar-refractivity contribution < 1.29 is 23.1 Å². The van der Waals surface area contributed by atoms with Crippen molar-refractivity contribution in [1.29, 1.82) is 0 Å². The minimum absolute atomic E-state index is 0.120. The zero-order chi connectivity index (χ0) is 18.7. The first-order valence-electron chi connectivity index (χ1n) is 7.93. The number of hydrogen-bond donors (Lipinski definition) is 0. The van der Waals surface area contributed by atoms with Crippen LogP contribution in [0, 0.1) is 12.7 Å². The van der Waals surface area contributed by atoms with E-state index in [0.717, 1.165) is 6.07 Å². The fourth-order valence-electron chi connectivity index (χ4n) is 2.25. The molecule has 26 heavy (non-hydrogen) atoms. The molecule has 0 aliphatic rings. The van der Waals surface area contributed by atoms with Crippen LogP contribution in [-0.4, -0.2) is 23.3 Å². The molecule has 1 atom stereocenters. The van der Waals surface area contributed by atoms with E-state index in [0.29, 0.717) is 22.8 Å². The lowest BCUT2D eigenvalue weighted by Crippen LogP contribution is -2.10. The molecule has 3 aromatic rings. The molecule has 0 aliphatic heterocycles. The Bertz CT molecular complexity index is 922. The standard InChI is InChI=1S/C19H17FN2O4/c1-11-4-5-14(10-16(11)20)19(23)25-12(2)17-21-22-18(26-17)13-6-8-15(24-3)9-7-13/h4-10,12H,1-3H3. The van der Waals surface area contributed by atoms with Gasteiger partial charge >= 0.3 is 5.97 Å². The van der Waals surface area contributed by atoms with E-state index in [4.69, 9.17) is 13.9 Å². The summed E-state index contributed by atoms with van der Waals surface area (Å²) in [6.45, 7) is 3.22. The van der Waals surface area contributed by atoms with Crippen LogP contribution in [0.25, 0.3) is 11.5 Å². The second-order valence-electron chi connectivity index (χ2n) is 5.69. The van der Waals surface area contributed by atoms with Gasteiger partial charge in [0.1, 0.15) is 11.6 Å². The van der Waals surface area contributed by atoms with E-state index >= 15 is 0 Å². The fourth-order valence-corrected chi connectivity index (χ4v) is 2.25. The molecule has 0 fully saturated rings. The van der Waals surface area contributed by atoms with E-state index in [-0.39, 0.29) is 11.5 Å². The van der Waals surface area contributed by atoms with Gasteiger partial charge < -0.3 is 13.9 Å². The number of nitrogens with zero attached hydrogens (tertiary/aromatic N) is 2. The summed E-state index contributed by atoms with van der Waals surface area (Å²) < 4.78 is 29.5. The van der Waals surface area contributed by atoms with Gasteiger partial charge in [-0.25, -0.2) is 9.18 Å². The number of aryl methyl sites for hydroxylation is 1. The maximum Gasteiger partial charge on any atom is 0.339 e. The Morgan fingerprint density at radius 2 is 1.88 bits per heavy atom. The van der Waals surface area contributed by atoms with Gasteiger partial charge in [0.05, 0.1) is 12.7 Å². The number of carbonyl (C=O) groups is 1. The molecule has 134 valence electrons. The van der Waals surface area contributed by atoms with Gasteiger partial charge in [0.2, 0.25) is 5.89 Å². The SMILES string of the molecule is COc1ccc(-c2nnc(C(C)OC(=O)c3ccc(C)c(F)c3)o2)cc1. The maximum absolute atomic E-state index is 13.6. The summed E-state index contributed by atoms with van der Waals surface area (Å²) in [7, 11) is 1.58. The van der Waals surface area contributed by atoms with Gasteiger partial charge in [-0.15, -0.1) is 10.2 Å². The molecule has 2 aromatic carbocycles. The zero-order valence-electron chi connectivity index (χ0n) is 14.5. The predicted molar refractivity (Wildman–Crippen MR) is 91.3 cm³/mol. The number of aromatic nitrogens is 2. The lowest BCUT2D eigenvalue weighted by atomic mass is 10.1. The highest BCUT2D eigenvalue weighted by Crippen LogP contribution is 2.25. The van der Waals surface area contributed by atoms with Crippen LogP contribution in [0.1, 0.15) is 34.8 Å². The van der Waals surface area contributed by atoms with Crippen molar-refractivity contribution in [3.05, 3.63) is 65.3 Å². The zero-order valence-corrected chi connectivity index (χ0v) is 14.5. The van der Waals surface area contributed by atoms with E-state index in [2.05, 4.69) is 10.2 Å². The maximum atomic E-state index is 13.6. The molecule has 6 nitrogen and oxygen atoms in total. The summed E-state index contributed by atoms with van der Waals surface area (Å²) in [6.07, 6.45) is -0.772. The number of halogens is 1. The Balaban J connectivity index is 1.71. The number of esters is 1. The van der Waals surface area contributed by atoms with Gasteiger partial charge in [0.15, 0.2) is 6.10 Å². The van der Waals surface area contributed by atoms with E-state index in [1.54, 1.807) is 45.2 Å². The summed E-state index contributed by atoms with van der Waals surface area (Å²) in [5, 5.41) is 7.87. The van der Waals surface area contributed by atoms with Crippen LogP contribution in [0.2, 0.25) is 0 Å². The first kappa shape index (κ1) is 17.6. The molecule has 0 bridgehead atoms. The van der Waals surface area contributed by atoms with Crippen LogP contribution >= 0.6 is 0 Å². The normalized spacial score (nSPS) is 11.8. The van der Waals surface area contributed by atoms with Gasteiger partial charge in [-0.3, -0.25) is 0 Å². The molecule has 1 unspecified atom stereocenters. The van der Waals surface area contributed by atoms with Crippen molar-refractivity contribution in [2.45, 2.75) is 20.0 Å². The first-order valence-corrected chi connectivity index (χ1v) is 7.93. The molecule has 0 amide bonds. The van der Waals surface area contributed by atoms with Crippen LogP contribution in [0.3, 0.4) is 0 Å². The molecule has 3 rings (SSSR count). The monoisotopic (exact) mass is 356 g/mol. The Morgan fingerprint density at radius 1 is 1.15 bits per heavy atom. The van der Waals surface area contributed by atoms with Crippen molar-refractivity contribution in [3.8, 4) is 17.2 Å². The highest BCUT2D eigenvalue weighted by atomic mass is 19.1. The third kappa shape index (κ3) is 3.72. The van der Waals surface area contributed by atoms with Crippen molar-refractivity contribution in [3.63, 3.8) is 0 Å². The first-order chi connectivity index (χ1) is 12.5. The smallest absolute Gasteiger partial charge is 0.339 e. The van der Waals surface area contributed by atoms with Crippen LogP contribution in [0.15, 0.2) is 46.9 Å². The number of rotatable bonds is 5. The van der Waals surface area contributed by atoms with Crippen LogP contribution in [-0.2, 0) is 4.74 Å². The average Bonchev–Trinajstić information content (AvgIpc) is 3.14. The molecule has 0 radical (unpaired) electrons. The number of carbonyl (C=O) groups excluding carboxylic acids is 1. The Morgan fingerprint density at radius 3 is 2.54 bits per heavy atom. The highest BCUT2D eigenvalue weighted by Gasteiger charge is 2.20. The highest BCUT2D eigenvalue weighted by molar-refractivity contribution is 5.89.